The van der Waals surface area contributed by atoms with E-state index in [9.17, 15) is 23.1 Å². The Balaban J connectivity index is 1.83. The third-order valence-electron chi connectivity index (χ3n) is 3.11. The number of aryl methyl sites for hydroxylation is 1. The maximum Gasteiger partial charge on any atom is 0.420 e. The van der Waals surface area contributed by atoms with Crippen molar-refractivity contribution in [1.82, 2.24) is 10.2 Å². The van der Waals surface area contributed by atoms with Crippen LogP contribution in [-0.4, -0.2) is 40.9 Å². The highest BCUT2D eigenvalue weighted by Crippen LogP contribution is 2.37. The van der Waals surface area contributed by atoms with Gasteiger partial charge in [-0.3, -0.25) is 0 Å². The number of likely N-dealkylation sites (tertiary alicyclic amines) is 1. The van der Waals surface area contributed by atoms with E-state index in [1.807, 2.05) is 17.7 Å². The number of nitrogens with one attached hydrogen (secondary N) is 1. The summed E-state index contributed by atoms with van der Waals surface area (Å²) in [4.78, 5) is 12.5. The topological polar surface area (TPSA) is 52.6 Å². The average molecular weight is 294 g/mol. The molecule has 2 amide bonds. The SMILES string of the molecule is Cc1cscc1CNC(=O)N1CC(O)(C(F)(F)F)C1. The molecular formula is C11H13F3N2O2S. The van der Waals surface area contributed by atoms with Crippen molar-refractivity contribution in [3.05, 3.63) is 21.9 Å². The fraction of sp³-hybridized carbons (Fsp3) is 0.545. The quantitative estimate of drug-likeness (QED) is 0.875. The number of urea groups is 1. The Bertz CT molecular complexity index is 481. The molecule has 106 valence electrons. The van der Waals surface area contributed by atoms with Crippen LogP contribution in [-0.2, 0) is 6.54 Å². The number of hydrogen-bond acceptors (Lipinski definition) is 3. The zero-order valence-corrected chi connectivity index (χ0v) is 10.9. The predicted molar refractivity (Wildman–Crippen MR) is 63.9 cm³/mol. The molecule has 2 rings (SSSR count). The summed E-state index contributed by atoms with van der Waals surface area (Å²) in [7, 11) is 0. The molecule has 0 spiro atoms. The molecule has 0 unspecified atom stereocenters. The molecule has 2 heterocycles. The van der Waals surface area contributed by atoms with Crippen LogP contribution in [0.2, 0.25) is 0 Å². The molecule has 2 N–H and O–H groups in total. The van der Waals surface area contributed by atoms with Crippen LogP contribution < -0.4 is 5.32 Å². The number of amides is 2. The van der Waals surface area contributed by atoms with E-state index in [4.69, 9.17) is 0 Å². The highest BCUT2D eigenvalue weighted by Gasteiger charge is 2.62. The highest BCUT2D eigenvalue weighted by molar-refractivity contribution is 7.08. The van der Waals surface area contributed by atoms with Crippen LogP contribution in [0.1, 0.15) is 11.1 Å². The van der Waals surface area contributed by atoms with Crippen LogP contribution in [0.4, 0.5) is 18.0 Å². The van der Waals surface area contributed by atoms with E-state index in [2.05, 4.69) is 5.32 Å². The molecule has 0 aliphatic carbocycles. The Labute approximate surface area is 111 Å². The van der Waals surface area contributed by atoms with Crippen molar-refractivity contribution in [2.24, 2.45) is 0 Å². The number of aliphatic hydroxyl groups is 1. The molecule has 0 bridgehead atoms. The zero-order valence-electron chi connectivity index (χ0n) is 10.1. The lowest BCUT2D eigenvalue weighted by atomic mass is 9.94. The minimum atomic E-state index is -4.70. The summed E-state index contributed by atoms with van der Waals surface area (Å²) in [6.45, 7) is 0.731. The fourth-order valence-corrected chi connectivity index (χ4v) is 2.62. The van der Waals surface area contributed by atoms with Gasteiger partial charge in [-0.15, -0.1) is 0 Å². The lowest BCUT2D eigenvalue weighted by molar-refractivity contribution is -0.294. The molecule has 1 aliphatic heterocycles. The van der Waals surface area contributed by atoms with Crippen molar-refractivity contribution in [3.8, 4) is 0 Å². The summed E-state index contributed by atoms with van der Waals surface area (Å²) in [5, 5.41) is 15.5. The minimum absolute atomic E-state index is 0.273. The molecule has 0 atom stereocenters. The lowest BCUT2D eigenvalue weighted by Crippen LogP contribution is -2.71. The van der Waals surface area contributed by atoms with Crippen LogP contribution in [0.15, 0.2) is 10.8 Å². The first-order chi connectivity index (χ1) is 8.73. The Morgan fingerprint density at radius 1 is 1.53 bits per heavy atom. The molecule has 0 radical (unpaired) electrons. The standard InChI is InChI=1S/C11H13F3N2O2S/c1-7-3-19-4-8(7)2-15-9(17)16-5-10(18,6-16)11(12,13)14/h3-4,18H,2,5-6H2,1H3,(H,15,17). The van der Waals surface area contributed by atoms with Gasteiger partial charge in [-0.2, -0.15) is 24.5 Å². The van der Waals surface area contributed by atoms with E-state index >= 15 is 0 Å². The molecule has 1 aliphatic rings. The second-order valence-electron chi connectivity index (χ2n) is 4.62. The Hall–Kier alpha value is -1.28. The molecule has 0 aromatic carbocycles. The van der Waals surface area contributed by atoms with E-state index in [1.54, 1.807) is 0 Å². The number of nitrogens with zero attached hydrogens (tertiary/aromatic N) is 1. The number of hydrogen-bond donors (Lipinski definition) is 2. The molecule has 1 aromatic heterocycles. The van der Waals surface area contributed by atoms with Crippen molar-refractivity contribution < 1.29 is 23.1 Å². The normalized spacial score (nSPS) is 18.1. The first-order valence-corrected chi connectivity index (χ1v) is 6.51. The van der Waals surface area contributed by atoms with Crippen molar-refractivity contribution in [1.29, 1.82) is 0 Å². The smallest absolute Gasteiger partial charge is 0.378 e. The van der Waals surface area contributed by atoms with E-state index in [-0.39, 0.29) is 6.54 Å². The van der Waals surface area contributed by atoms with Crippen LogP contribution in [0.25, 0.3) is 0 Å². The molecule has 0 saturated carbocycles. The van der Waals surface area contributed by atoms with Crippen LogP contribution >= 0.6 is 11.3 Å². The van der Waals surface area contributed by atoms with Gasteiger partial charge in [-0.25, -0.2) is 4.79 Å². The second kappa shape index (κ2) is 4.68. The summed E-state index contributed by atoms with van der Waals surface area (Å²) < 4.78 is 37.1. The third-order valence-corrected chi connectivity index (χ3v) is 4.02. The maximum atomic E-state index is 12.4. The minimum Gasteiger partial charge on any atom is -0.378 e. The average Bonchev–Trinajstić information content (AvgIpc) is 2.66. The zero-order chi connectivity index (χ0) is 14.3. The summed E-state index contributed by atoms with van der Waals surface area (Å²) in [6.07, 6.45) is -4.70. The largest absolute Gasteiger partial charge is 0.420 e. The molecule has 8 heteroatoms. The Morgan fingerprint density at radius 3 is 2.63 bits per heavy atom. The van der Waals surface area contributed by atoms with Gasteiger partial charge in [0.15, 0.2) is 5.60 Å². The number of carbonyl (C=O) groups excluding carboxylic acids is 1. The number of rotatable bonds is 2. The number of β-amino-alcohol motifs (C(OH)–C–C–N with tert-alkyl or cyclic N) is 1. The molecule has 1 fully saturated rings. The fourth-order valence-electron chi connectivity index (χ4n) is 1.76. The summed E-state index contributed by atoms with van der Waals surface area (Å²) in [5.41, 5.74) is -0.798. The van der Waals surface area contributed by atoms with Gasteiger partial charge in [-0.05, 0) is 28.8 Å². The molecule has 1 aromatic rings. The van der Waals surface area contributed by atoms with Crippen molar-refractivity contribution in [2.45, 2.75) is 25.2 Å². The summed E-state index contributed by atoms with van der Waals surface area (Å²) in [6, 6.07) is -0.598. The number of thiophene rings is 1. The van der Waals surface area contributed by atoms with Gasteiger partial charge in [-0.1, -0.05) is 0 Å². The second-order valence-corrected chi connectivity index (χ2v) is 5.37. The van der Waals surface area contributed by atoms with Gasteiger partial charge >= 0.3 is 12.2 Å². The van der Waals surface area contributed by atoms with Crippen LogP contribution in [0.5, 0.6) is 0 Å². The predicted octanol–water partition coefficient (Wildman–Crippen LogP) is 1.88. The number of alkyl halides is 3. The number of halogens is 3. The van der Waals surface area contributed by atoms with E-state index in [0.29, 0.717) is 0 Å². The highest BCUT2D eigenvalue weighted by atomic mass is 32.1. The Morgan fingerprint density at radius 2 is 2.16 bits per heavy atom. The molecule has 4 nitrogen and oxygen atoms in total. The van der Waals surface area contributed by atoms with Gasteiger partial charge in [0.05, 0.1) is 13.1 Å². The van der Waals surface area contributed by atoms with Crippen molar-refractivity contribution >= 4 is 17.4 Å². The van der Waals surface area contributed by atoms with Crippen molar-refractivity contribution in [2.75, 3.05) is 13.1 Å². The summed E-state index contributed by atoms with van der Waals surface area (Å²) in [5.74, 6) is 0. The van der Waals surface area contributed by atoms with Crippen LogP contribution in [0.3, 0.4) is 0 Å². The number of carbonyl (C=O) groups is 1. The van der Waals surface area contributed by atoms with E-state index < -0.39 is 30.9 Å². The first kappa shape index (κ1) is 14.1. The first-order valence-electron chi connectivity index (χ1n) is 5.56. The molecule has 19 heavy (non-hydrogen) atoms. The molecule has 1 saturated heterocycles. The third kappa shape index (κ3) is 2.69. The monoisotopic (exact) mass is 294 g/mol. The van der Waals surface area contributed by atoms with E-state index in [0.717, 1.165) is 16.0 Å². The van der Waals surface area contributed by atoms with Gasteiger partial charge < -0.3 is 15.3 Å². The van der Waals surface area contributed by atoms with Gasteiger partial charge in [0.25, 0.3) is 0 Å². The van der Waals surface area contributed by atoms with Gasteiger partial charge in [0.2, 0.25) is 0 Å². The van der Waals surface area contributed by atoms with Gasteiger partial charge in [0, 0.05) is 6.54 Å². The van der Waals surface area contributed by atoms with Crippen molar-refractivity contribution in [3.63, 3.8) is 0 Å². The van der Waals surface area contributed by atoms with E-state index in [1.165, 1.54) is 11.3 Å². The maximum absolute atomic E-state index is 12.4. The lowest BCUT2D eigenvalue weighted by Gasteiger charge is -2.46. The van der Waals surface area contributed by atoms with Gasteiger partial charge in [0.1, 0.15) is 0 Å². The molecular weight excluding hydrogens is 281 g/mol. The van der Waals surface area contributed by atoms with Crippen LogP contribution in [0, 0.1) is 6.92 Å². The Kier molecular flexibility index (Phi) is 3.48. The summed E-state index contributed by atoms with van der Waals surface area (Å²) >= 11 is 1.50.